The molecule has 0 bridgehead atoms. The van der Waals surface area contributed by atoms with Gasteiger partial charge in [0.15, 0.2) is 0 Å². The van der Waals surface area contributed by atoms with Gasteiger partial charge in [0.2, 0.25) is 0 Å². The molecule has 4 rings (SSSR count). The number of aliphatic hydroxyl groups is 1. The molecular weight excluding hydrogens is 520 g/mol. The summed E-state index contributed by atoms with van der Waals surface area (Å²) in [5.41, 5.74) is 1.67. The number of ether oxygens (including phenoxy) is 2. The third-order valence-electron chi connectivity index (χ3n) is 12.5. The van der Waals surface area contributed by atoms with E-state index >= 15 is 0 Å². The lowest BCUT2D eigenvalue weighted by atomic mass is 9.42. The molecule has 0 amide bonds. The van der Waals surface area contributed by atoms with Crippen LogP contribution in [-0.2, 0) is 23.9 Å². The molecule has 4 aliphatic rings. The van der Waals surface area contributed by atoms with Crippen molar-refractivity contribution in [3.05, 3.63) is 22.8 Å². The predicted molar refractivity (Wildman–Crippen MR) is 157 cm³/mol. The van der Waals surface area contributed by atoms with Crippen molar-refractivity contribution in [3.63, 3.8) is 0 Å². The highest BCUT2D eigenvalue weighted by Gasteiger charge is 2.69. The summed E-state index contributed by atoms with van der Waals surface area (Å²) < 4.78 is 11.9. The monoisotopic (exact) mass is 572 g/mol. The first kappa shape index (κ1) is 31.8. The molecule has 2 saturated carbocycles. The van der Waals surface area contributed by atoms with Crippen LogP contribution in [0.5, 0.6) is 0 Å². The van der Waals surface area contributed by atoms with Crippen LogP contribution in [0.3, 0.4) is 0 Å². The Morgan fingerprint density at radius 3 is 2.17 bits per heavy atom. The van der Waals surface area contributed by atoms with Crippen LogP contribution in [-0.4, -0.2) is 46.4 Å². The van der Waals surface area contributed by atoms with Crippen LogP contribution >= 0.6 is 0 Å². The molecule has 230 valence electrons. The van der Waals surface area contributed by atoms with Crippen LogP contribution in [0.2, 0.25) is 0 Å². The van der Waals surface area contributed by atoms with Gasteiger partial charge in [0.05, 0.1) is 6.10 Å². The second-order valence-electron chi connectivity index (χ2n) is 14.9. The van der Waals surface area contributed by atoms with Gasteiger partial charge in [0, 0.05) is 30.3 Å². The van der Waals surface area contributed by atoms with Gasteiger partial charge in [0.1, 0.15) is 12.2 Å². The van der Waals surface area contributed by atoms with Crippen LogP contribution in [0.1, 0.15) is 114 Å². The first-order valence-electron chi connectivity index (χ1n) is 15.6. The Balaban J connectivity index is 1.75. The quantitative estimate of drug-likeness (QED) is 0.200. The van der Waals surface area contributed by atoms with Crippen LogP contribution in [0.25, 0.3) is 0 Å². The summed E-state index contributed by atoms with van der Waals surface area (Å²) in [5.74, 6) is -0.726. The summed E-state index contributed by atoms with van der Waals surface area (Å²) >= 11 is 0. The standard InChI is InChI=1S/C34H52O7/c1-19(11-10-12-20(2)30(38)39)24-17-28(41-22(4)36)34(9)29-23(13-16-33(24,34)8)32(7)15-14-27(40-21(3)35)31(5,6)26(32)18-25(29)37/h12,19,24-28,37H,10-11,13-18H2,1-9H3,(H,38,39)/b20-12+/t19-,24?,25-,26?,27-,28?,32-,33-,34+/m1/s1. The smallest absolute Gasteiger partial charge is 0.330 e. The number of carbonyl (C=O) groups is 3. The zero-order chi connectivity index (χ0) is 30.7. The molecular formula is C34H52O7. The van der Waals surface area contributed by atoms with E-state index in [1.54, 1.807) is 13.0 Å². The summed E-state index contributed by atoms with van der Waals surface area (Å²) in [6, 6.07) is 0. The zero-order valence-electron chi connectivity index (χ0n) is 26.6. The van der Waals surface area contributed by atoms with Crippen molar-refractivity contribution < 1.29 is 34.1 Å². The summed E-state index contributed by atoms with van der Waals surface area (Å²) in [6.07, 6.45) is 7.04. The second kappa shape index (κ2) is 10.8. The molecule has 9 atom stereocenters. The number of carboxylic acid groups (broad SMARTS) is 1. The van der Waals surface area contributed by atoms with Gasteiger partial charge in [-0.2, -0.15) is 0 Å². The van der Waals surface area contributed by atoms with Crippen molar-refractivity contribution in [2.75, 3.05) is 0 Å². The molecule has 2 N–H and O–H groups in total. The van der Waals surface area contributed by atoms with Gasteiger partial charge in [-0.3, -0.25) is 9.59 Å². The first-order chi connectivity index (χ1) is 18.9. The Hall–Kier alpha value is -2.15. The largest absolute Gasteiger partial charge is 0.478 e. The Morgan fingerprint density at radius 1 is 0.976 bits per heavy atom. The minimum atomic E-state index is -0.886. The topological polar surface area (TPSA) is 110 Å². The number of aliphatic hydroxyl groups excluding tert-OH is 1. The van der Waals surface area contributed by atoms with Gasteiger partial charge in [-0.05, 0) is 92.4 Å². The molecule has 0 spiro atoms. The van der Waals surface area contributed by atoms with E-state index in [-0.39, 0.29) is 52.2 Å². The molecule has 2 fully saturated rings. The van der Waals surface area contributed by atoms with E-state index in [0.717, 1.165) is 44.1 Å². The van der Waals surface area contributed by atoms with Gasteiger partial charge in [-0.25, -0.2) is 4.79 Å². The normalized spacial score (nSPS) is 40.6. The molecule has 0 aromatic heterocycles. The van der Waals surface area contributed by atoms with Gasteiger partial charge < -0.3 is 19.7 Å². The van der Waals surface area contributed by atoms with Crippen LogP contribution in [0.4, 0.5) is 0 Å². The zero-order valence-corrected chi connectivity index (χ0v) is 26.6. The lowest BCUT2D eigenvalue weighted by Crippen LogP contribution is -2.59. The fraction of sp³-hybridized carbons (Fsp3) is 0.794. The number of carbonyl (C=O) groups excluding carboxylic acids is 2. The minimum absolute atomic E-state index is 0.136. The van der Waals surface area contributed by atoms with Gasteiger partial charge in [0.25, 0.3) is 0 Å². The Morgan fingerprint density at radius 2 is 1.59 bits per heavy atom. The van der Waals surface area contributed by atoms with Crippen molar-refractivity contribution in [1.82, 2.24) is 0 Å². The molecule has 4 aliphatic carbocycles. The van der Waals surface area contributed by atoms with E-state index in [0.29, 0.717) is 24.3 Å². The molecule has 0 aromatic rings. The van der Waals surface area contributed by atoms with E-state index in [1.807, 2.05) is 0 Å². The highest BCUT2D eigenvalue weighted by atomic mass is 16.5. The summed E-state index contributed by atoms with van der Waals surface area (Å²) in [7, 11) is 0. The summed E-state index contributed by atoms with van der Waals surface area (Å²) in [4.78, 5) is 35.7. The van der Waals surface area contributed by atoms with Crippen LogP contribution in [0, 0.1) is 39.4 Å². The Bertz CT molecular complexity index is 1150. The number of hydrogen-bond acceptors (Lipinski definition) is 6. The molecule has 3 unspecified atom stereocenters. The van der Waals surface area contributed by atoms with Gasteiger partial charge >= 0.3 is 17.9 Å². The molecule has 0 heterocycles. The van der Waals surface area contributed by atoms with Crippen molar-refractivity contribution >= 4 is 17.9 Å². The SMILES string of the molecule is CC(=O)OC1CC([C@H](C)CC/C=C(\C)C(=O)O)[C@@]2(C)CCC3=C([C@H](O)CC4C(C)(C)[C@H](OC(C)=O)CC[C@]34C)[C@]12C. The van der Waals surface area contributed by atoms with Crippen molar-refractivity contribution in [2.24, 2.45) is 39.4 Å². The Kier molecular flexibility index (Phi) is 8.40. The molecule has 7 heteroatoms. The number of rotatable bonds is 7. The molecule has 0 radical (unpaired) electrons. The maximum Gasteiger partial charge on any atom is 0.330 e. The highest BCUT2D eigenvalue weighted by molar-refractivity contribution is 5.85. The van der Waals surface area contributed by atoms with Crippen LogP contribution in [0.15, 0.2) is 22.8 Å². The minimum Gasteiger partial charge on any atom is -0.478 e. The van der Waals surface area contributed by atoms with E-state index in [4.69, 9.17) is 9.47 Å². The molecule has 0 aromatic carbocycles. The fourth-order valence-corrected chi connectivity index (χ4v) is 10.2. The number of carboxylic acids is 1. The lowest BCUT2D eigenvalue weighted by molar-refractivity contribution is -0.171. The molecule has 0 aliphatic heterocycles. The molecule has 41 heavy (non-hydrogen) atoms. The Labute approximate surface area is 246 Å². The molecule has 7 nitrogen and oxygen atoms in total. The van der Waals surface area contributed by atoms with Crippen molar-refractivity contribution in [1.29, 1.82) is 0 Å². The van der Waals surface area contributed by atoms with Crippen molar-refractivity contribution in [3.8, 4) is 0 Å². The van der Waals surface area contributed by atoms with Crippen LogP contribution < -0.4 is 0 Å². The van der Waals surface area contributed by atoms with Gasteiger partial charge in [-0.15, -0.1) is 0 Å². The third kappa shape index (κ3) is 4.98. The first-order valence-corrected chi connectivity index (χ1v) is 15.6. The fourth-order valence-electron chi connectivity index (χ4n) is 10.2. The molecule has 0 saturated heterocycles. The van der Waals surface area contributed by atoms with Gasteiger partial charge in [-0.1, -0.05) is 53.2 Å². The number of fused-ring (bicyclic) bond motifs is 4. The van der Waals surface area contributed by atoms with E-state index < -0.39 is 17.5 Å². The average Bonchev–Trinajstić information content (AvgIpc) is 3.08. The lowest BCUT2D eigenvalue weighted by Gasteiger charge is -2.63. The van der Waals surface area contributed by atoms with E-state index in [2.05, 4.69) is 41.5 Å². The summed E-state index contributed by atoms with van der Waals surface area (Å²) in [6.45, 7) is 18.1. The maximum atomic E-state index is 12.4. The number of hydrogen-bond donors (Lipinski definition) is 2. The predicted octanol–water partition coefficient (Wildman–Crippen LogP) is 6.63. The maximum absolute atomic E-state index is 12.4. The van der Waals surface area contributed by atoms with Crippen molar-refractivity contribution in [2.45, 2.75) is 132 Å². The number of esters is 2. The summed E-state index contributed by atoms with van der Waals surface area (Å²) in [5, 5.41) is 21.3. The second-order valence-corrected chi connectivity index (χ2v) is 14.9. The van der Waals surface area contributed by atoms with E-state index in [1.165, 1.54) is 19.4 Å². The average molecular weight is 573 g/mol. The number of allylic oxidation sites excluding steroid dienone is 2. The van der Waals surface area contributed by atoms with E-state index in [9.17, 15) is 24.6 Å². The number of aliphatic carboxylic acids is 1. The third-order valence-corrected chi connectivity index (χ3v) is 12.5. The highest BCUT2D eigenvalue weighted by Crippen LogP contribution is 2.73.